The quantitative estimate of drug-likeness (QED) is 0.713. The molecule has 0 aromatic rings. The highest BCUT2D eigenvalue weighted by atomic mass is 16.1. The van der Waals surface area contributed by atoms with Gasteiger partial charge in [0.25, 0.3) is 0 Å². The molecule has 4 heteroatoms. The predicted octanol–water partition coefficient (Wildman–Crippen LogP) is 1.12. The summed E-state index contributed by atoms with van der Waals surface area (Å²) in [6, 6.07) is 0.475. The summed E-state index contributed by atoms with van der Waals surface area (Å²) in [5.74, 6) is 0.931. The van der Waals surface area contributed by atoms with Crippen LogP contribution in [0.5, 0.6) is 0 Å². The molecule has 2 N–H and O–H groups in total. The third-order valence-electron chi connectivity index (χ3n) is 3.00. The molecule has 1 aliphatic carbocycles. The Morgan fingerprint density at radius 1 is 1.53 bits per heavy atom. The summed E-state index contributed by atoms with van der Waals surface area (Å²) < 4.78 is 0. The molecule has 1 heterocycles. The minimum atomic E-state index is 0.184. The molecule has 1 saturated carbocycles. The first-order valence-electron chi connectivity index (χ1n) is 5.87. The normalized spacial score (nSPS) is 20.8. The van der Waals surface area contributed by atoms with Crippen molar-refractivity contribution in [1.29, 1.82) is 5.41 Å². The van der Waals surface area contributed by atoms with Crippen LogP contribution in [0.25, 0.3) is 0 Å². The Labute approximate surface area is 90.5 Å². The SMILES string of the molecule is N=C1CCCN1CCCC(=O)NC1CC1. The summed E-state index contributed by atoms with van der Waals surface area (Å²) in [4.78, 5) is 13.5. The van der Waals surface area contributed by atoms with E-state index in [1.807, 2.05) is 0 Å². The van der Waals surface area contributed by atoms with Crippen LogP contribution in [-0.4, -0.2) is 35.8 Å². The summed E-state index contributed by atoms with van der Waals surface area (Å²) >= 11 is 0. The van der Waals surface area contributed by atoms with E-state index < -0.39 is 0 Å². The number of amidine groups is 1. The third-order valence-corrected chi connectivity index (χ3v) is 3.00. The molecule has 1 amide bonds. The second-order valence-corrected chi connectivity index (χ2v) is 4.48. The van der Waals surface area contributed by atoms with Gasteiger partial charge in [-0.3, -0.25) is 10.2 Å². The molecule has 0 spiro atoms. The number of hydrogen-bond donors (Lipinski definition) is 2. The van der Waals surface area contributed by atoms with Crippen LogP contribution >= 0.6 is 0 Å². The van der Waals surface area contributed by atoms with Crippen molar-refractivity contribution >= 4 is 11.7 Å². The smallest absolute Gasteiger partial charge is 0.220 e. The predicted molar refractivity (Wildman–Crippen MR) is 58.9 cm³/mol. The van der Waals surface area contributed by atoms with E-state index >= 15 is 0 Å². The van der Waals surface area contributed by atoms with Crippen molar-refractivity contribution in [3.05, 3.63) is 0 Å². The van der Waals surface area contributed by atoms with E-state index in [1.54, 1.807) is 0 Å². The minimum Gasteiger partial charge on any atom is -0.361 e. The molecule has 4 nitrogen and oxygen atoms in total. The average molecular weight is 209 g/mol. The second kappa shape index (κ2) is 4.64. The average Bonchev–Trinajstić information content (AvgIpc) is 2.91. The van der Waals surface area contributed by atoms with Crippen molar-refractivity contribution in [2.24, 2.45) is 0 Å². The van der Waals surface area contributed by atoms with Crippen LogP contribution < -0.4 is 5.32 Å². The van der Waals surface area contributed by atoms with Gasteiger partial charge in [0.05, 0.1) is 5.84 Å². The number of likely N-dealkylation sites (tertiary alicyclic amines) is 1. The van der Waals surface area contributed by atoms with E-state index in [-0.39, 0.29) is 5.91 Å². The van der Waals surface area contributed by atoms with Gasteiger partial charge in [0, 0.05) is 32.0 Å². The molecule has 0 atom stereocenters. The Morgan fingerprint density at radius 2 is 2.33 bits per heavy atom. The highest BCUT2D eigenvalue weighted by molar-refractivity contribution is 5.81. The van der Waals surface area contributed by atoms with Gasteiger partial charge in [-0.25, -0.2) is 0 Å². The largest absolute Gasteiger partial charge is 0.361 e. The number of carbonyl (C=O) groups excluding carboxylic acids is 1. The Kier molecular flexibility index (Phi) is 3.23. The number of nitrogens with one attached hydrogen (secondary N) is 2. The highest BCUT2D eigenvalue weighted by Gasteiger charge is 2.23. The van der Waals surface area contributed by atoms with Crippen molar-refractivity contribution in [1.82, 2.24) is 10.2 Å². The van der Waals surface area contributed by atoms with E-state index in [0.29, 0.717) is 12.5 Å². The van der Waals surface area contributed by atoms with Crippen LogP contribution in [-0.2, 0) is 4.79 Å². The molecule has 0 aromatic carbocycles. The lowest BCUT2D eigenvalue weighted by atomic mass is 10.3. The maximum Gasteiger partial charge on any atom is 0.220 e. The lowest BCUT2D eigenvalue weighted by molar-refractivity contribution is -0.121. The van der Waals surface area contributed by atoms with Gasteiger partial charge in [0.2, 0.25) is 5.91 Å². The van der Waals surface area contributed by atoms with Crippen LogP contribution in [0.3, 0.4) is 0 Å². The first-order chi connectivity index (χ1) is 7.25. The van der Waals surface area contributed by atoms with Gasteiger partial charge in [0.1, 0.15) is 0 Å². The van der Waals surface area contributed by atoms with Gasteiger partial charge in [-0.1, -0.05) is 0 Å². The summed E-state index contributed by atoms with van der Waals surface area (Å²) in [5.41, 5.74) is 0. The molecule has 2 fully saturated rings. The summed E-state index contributed by atoms with van der Waals surface area (Å²) in [5, 5.41) is 10.6. The van der Waals surface area contributed by atoms with Crippen molar-refractivity contribution in [3.8, 4) is 0 Å². The van der Waals surface area contributed by atoms with Crippen LogP contribution in [0.2, 0.25) is 0 Å². The Bertz CT molecular complexity index is 261. The van der Waals surface area contributed by atoms with E-state index in [1.165, 1.54) is 0 Å². The van der Waals surface area contributed by atoms with Crippen LogP contribution in [0, 0.1) is 5.41 Å². The van der Waals surface area contributed by atoms with Gasteiger partial charge in [0.15, 0.2) is 0 Å². The molecule has 15 heavy (non-hydrogen) atoms. The number of amides is 1. The second-order valence-electron chi connectivity index (χ2n) is 4.48. The zero-order chi connectivity index (χ0) is 10.7. The van der Waals surface area contributed by atoms with E-state index in [4.69, 9.17) is 5.41 Å². The zero-order valence-corrected chi connectivity index (χ0v) is 9.09. The molecule has 0 bridgehead atoms. The van der Waals surface area contributed by atoms with Crippen LogP contribution in [0.15, 0.2) is 0 Å². The van der Waals surface area contributed by atoms with Gasteiger partial charge >= 0.3 is 0 Å². The number of carbonyl (C=O) groups is 1. The molecule has 84 valence electrons. The Hall–Kier alpha value is -1.06. The van der Waals surface area contributed by atoms with E-state index in [2.05, 4.69) is 10.2 Å². The molecule has 0 unspecified atom stereocenters. The number of hydrogen-bond acceptors (Lipinski definition) is 2. The maximum absolute atomic E-state index is 11.4. The van der Waals surface area contributed by atoms with Crippen LogP contribution in [0.4, 0.5) is 0 Å². The number of nitrogens with zero attached hydrogens (tertiary/aromatic N) is 1. The number of rotatable bonds is 5. The van der Waals surface area contributed by atoms with Crippen LogP contribution in [0.1, 0.15) is 38.5 Å². The van der Waals surface area contributed by atoms with Crippen molar-refractivity contribution in [2.45, 2.75) is 44.6 Å². The molecule has 2 rings (SSSR count). The monoisotopic (exact) mass is 209 g/mol. The van der Waals surface area contributed by atoms with Crippen molar-refractivity contribution < 1.29 is 4.79 Å². The fourth-order valence-corrected chi connectivity index (χ4v) is 1.94. The van der Waals surface area contributed by atoms with Gasteiger partial charge in [-0.2, -0.15) is 0 Å². The molecule has 1 saturated heterocycles. The first-order valence-corrected chi connectivity index (χ1v) is 5.87. The highest BCUT2D eigenvalue weighted by Crippen LogP contribution is 2.18. The maximum atomic E-state index is 11.4. The van der Waals surface area contributed by atoms with E-state index in [0.717, 1.165) is 51.0 Å². The summed E-state index contributed by atoms with van der Waals surface area (Å²) in [6.07, 6.45) is 5.81. The summed E-state index contributed by atoms with van der Waals surface area (Å²) in [6.45, 7) is 1.87. The summed E-state index contributed by atoms with van der Waals surface area (Å²) in [7, 11) is 0. The molecular formula is C11H19N3O. The lowest BCUT2D eigenvalue weighted by Crippen LogP contribution is -2.28. The minimum absolute atomic E-state index is 0.184. The molecule has 2 aliphatic rings. The van der Waals surface area contributed by atoms with Gasteiger partial charge in [-0.15, -0.1) is 0 Å². The lowest BCUT2D eigenvalue weighted by Gasteiger charge is -2.16. The topological polar surface area (TPSA) is 56.2 Å². The molecular weight excluding hydrogens is 190 g/mol. The van der Waals surface area contributed by atoms with Gasteiger partial charge in [-0.05, 0) is 25.7 Å². The zero-order valence-electron chi connectivity index (χ0n) is 9.09. The standard InChI is InChI=1S/C11H19N3O/c12-10-3-1-7-14(10)8-2-4-11(15)13-9-5-6-9/h9,12H,1-8H2,(H,13,15). The van der Waals surface area contributed by atoms with Crippen molar-refractivity contribution in [3.63, 3.8) is 0 Å². The molecule has 1 aliphatic heterocycles. The molecule has 0 radical (unpaired) electrons. The molecule has 0 aromatic heterocycles. The third kappa shape index (κ3) is 3.22. The fraction of sp³-hybridized carbons (Fsp3) is 0.818. The first kappa shape index (κ1) is 10.5. The van der Waals surface area contributed by atoms with Gasteiger partial charge < -0.3 is 10.2 Å². The van der Waals surface area contributed by atoms with Crippen molar-refractivity contribution in [2.75, 3.05) is 13.1 Å². The fourth-order valence-electron chi connectivity index (χ4n) is 1.94. The van der Waals surface area contributed by atoms with E-state index in [9.17, 15) is 4.79 Å². The Morgan fingerprint density at radius 3 is 2.93 bits per heavy atom. The Balaban J connectivity index is 1.57.